The maximum Gasteiger partial charge on any atom is 0.229 e. The number of fused-ring (bicyclic) bond motifs is 5. The van der Waals surface area contributed by atoms with Crippen molar-refractivity contribution in [1.29, 1.82) is 5.26 Å². The van der Waals surface area contributed by atoms with E-state index in [2.05, 4.69) is 25.8 Å². The van der Waals surface area contributed by atoms with E-state index in [-0.39, 0.29) is 34.6 Å². The molecule has 6 heteroatoms. The first-order valence-electron chi connectivity index (χ1n) is 13.2. The summed E-state index contributed by atoms with van der Waals surface area (Å²) in [5.74, 6) is 4.09. The quantitative estimate of drug-likeness (QED) is 0.606. The molecule has 4 aliphatic rings. The van der Waals surface area contributed by atoms with E-state index in [1.807, 2.05) is 6.07 Å². The number of nitrogen functional groups attached to an aromatic ring is 1. The Kier molecular flexibility index (Phi) is 5.81. The third-order valence-electron chi connectivity index (χ3n) is 11.1. The lowest BCUT2D eigenvalue weighted by atomic mass is 9.43. The molecule has 0 aromatic carbocycles. The predicted molar refractivity (Wildman–Crippen MR) is 126 cm³/mol. The molecule has 1 aromatic heterocycles. The van der Waals surface area contributed by atoms with E-state index in [1.54, 1.807) is 0 Å². The van der Waals surface area contributed by atoms with Crippen molar-refractivity contribution in [3.63, 3.8) is 0 Å². The third kappa shape index (κ3) is 3.53. The lowest BCUT2D eigenvalue weighted by Crippen LogP contribution is -2.58. The second kappa shape index (κ2) is 8.27. The molecule has 10 atom stereocenters. The van der Waals surface area contributed by atoms with Gasteiger partial charge >= 0.3 is 0 Å². The molecular formula is C27H41N3O3. The van der Waals surface area contributed by atoms with Crippen LogP contribution >= 0.6 is 0 Å². The molecule has 33 heavy (non-hydrogen) atoms. The lowest BCUT2D eigenvalue weighted by molar-refractivity contribution is -0.174. The summed E-state index contributed by atoms with van der Waals surface area (Å²) in [5, 5.41) is 31.0. The highest BCUT2D eigenvalue weighted by Gasteiger charge is 2.63. The number of nitriles is 1. The molecule has 1 aromatic rings. The fourth-order valence-corrected chi connectivity index (χ4v) is 9.28. The van der Waals surface area contributed by atoms with Gasteiger partial charge in [-0.2, -0.15) is 5.26 Å². The number of hydrogen-bond acceptors (Lipinski definition) is 6. The Balaban J connectivity index is 1.32. The van der Waals surface area contributed by atoms with Gasteiger partial charge < -0.3 is 20.4 Å². The van der Waals surface area contributed by atoms with Gasteiger partial charge in [-0.1, -0.05) is 20.8 Å². The Hall–Kier alpha value is -1.58. The highest BCUT2D eigenvalue weighted by molar-refractivity contribution is 5.40. The van der Waals surface area contributed by atoms with Crippen LogP contribution in [0.25, 0.3) is 0 Å². The molecular weight excluding hydrogens is 414 g/mol. The van der Waals surface area contributed by atoms with Crippen molar-refractivity contribution in [2.45, 2.75) is 97.2 Å². The van der Waals surface area contributed by atoms with Crippen LogP contribution in [-0.2, 0) is 6.42 Å². The summed E-state index contributed by atoms with van der Waals surface area (Å²) in [4.78, 5) is 4.23. The normalized spacial score (nSPS) is 45.5. The van der Waals surface area contributed by atoms with Gasteiger partial charge in [-0.25, -0.2) is 4.98 Å². The molecule has 182 valence electrons. The zero-order valence-electron chi connectivity index (χ0n) is 20.5. The van der Waals surface area contributed by atoms with Crippen LogP contribution in [0.5, 0.6) is 0 Å². The summed E-state index contributed by atoms with van der Waals surface area (Å²) in [6.07, 6.45) is 10.0. The van der Waals surface area contributed by atoms with Crippen molar-refractivity contribution >= 4 is 5.88 Å². The van der Waals surface area contributed by atoms with Gasteiger partial charge in [0, 0.05) is 6.42 Å². The third-order valence-corrected chi connectivity index (χ3v) is 11.1. The van der Waals surface area contributed by atoms with E-state index in [0.29, 0.717) is 47.8 Å². The van der Waals surface area contributed by atoms with Crippen LogP contribution in [0, 0.1) is 57.7 Å². The monoisotopic (exact) mass is 455 g/mol. The van der Waals surface area contributed by atoms with Gasteiger partial charge in [0.1, 0.15) is 6.07 Å². The minimum Gasteiger partial charge on any atom is -0.424 e. The van der Waals surface area contributed by atoms with E-state index in [4.69, 9.17) is 15.4 Å². The largest absolute Gasteiger partial charge is 0.424 e. The Bertz CT molecular complexity index is 924. The van der Waals surface area contributed by atoms with Crippen molar-refractivity contribution in [3.8, 4) is 6.07 Å². The van der Waals surface area contributed by atoms with E-state index in [9.17, 15) is 10.2 Å². The Morgan fingerprint density at radius 1 is 1.15 bits per heavy atom. The summed E-state index contributed by atoms with van der Waals surface area (Å²) in [7, 11) is 0. The minimum atomic E-state index is -0.260. The number of oxazole rings is 1. The Morgan fingerprint density at radius 2 is 1.94 bits per heavy atom. The SMILES string of the molecule is CC(CCc1nc(C#N)c(N)o1)C1CCC2C3CCC4CC(O)CCC4(C)C3CC(O)C12C. The van der Waals surface area contributed by atoms with Crippen LogP contribution in [-0.4, -0.2) is 27.4 Å². The van der Waals surface area contributed by atoms with Gasteiger partial charge in [0.2, 0.25) is 11.6 Å². The first kappa shape index (κ1) is 23.2. The molecule has 0 bridgehead atoms. The molecule has 4 fully saturated rings. The number of aryl methyl sites for hydroxylation is 1. The summed E-state index contributed by atoms with van der Waals surface area (Å²) in [6.45, 7) is 7.17. The maximum absolute atomic E-state index is 11.7. The van der Waals surface area contributed by atoms with E-state index >= 15 is 0 Å². The fraction of sp³-hybridized carbons (Fsp3) is 0.852. The molecule has 4 saturated carbocycles. The molecule has 6 nitrogen and oxygen atoms in total. The molecule has 1 heterocycles. The van der Waals surface area contributed by atoms with Crippen LogP contribution in [0.1, 0.15) is 90.1 Å². The summed E-state index contributed by atoms with van der Waals surface area (Å²) in [5.41, 5.74) is 6.15. The van der Waals surface area contributed by atoms with E-state index in [1.165, 1.54) is 25.7 Å². The molecule has 0 spiro atoms. The number of rotatable bonds is 4. The number of nitrogens with two attached hydrogens (primary N) is 1. The van der Waals surface area contributed by atoms with Gasteiger partial charge in [-0.3, -0.25) is 0 Å². The zero-order valence-corrected chi connectivity index (χ0v) is 20.5. The van der Waals surface area contributed by atoms with E-state index < -0.39 is 0 Å². The zero-order chi connectivity index (χ0) is 23.5. The highest BCUT2D eigenvalue weighted by Crippen LogP contribution is 2.68. The van der Waals surface area contributed by atoms with Crippen LogP contribution in [0.2, 0.25) is 0 Å². The number of hydrogen-bond donors (Lipinski definition) is 3. The molecule has 0 amide bonds. The maximum atomic E-state index is 11.7. The predicted octanol–water partition coefficient (Wildman–Crippen LogP) is 4.69. The Labute approximate surface area is 198 Å². The molecule has 0 radical (unpaired) electrons. The fourth-order valence-electron chi connectivity index (χ4n) is 9.28. The van der Waals surface area contributed by atoms with Crippen LogP contribution in [0.15, 0.2) is 4.42 Å². The first-order chi connectivity index (χ1) is 15.7. The summed E-state index contributed by atoms with van der Waals surface area (Å²) in [6, 6.07) is 1.98. The van der Waals surface area contributed by atoms with E-state index in [0.717, 1.165) is 32.1 Å². The number of aliphatic hydroxyl groups is 2. The van der Waals surface area contributed by atoms with Crippen molar-refractivity contribution < 1.29 is 14.6 Å². The van der Waals surface area contributed by atoms with Gasteiger partial charge in [-0.05, 0) is 104 Å². The second-order valence-corrected chi connectivity index (χ2v) is 12.3. The smallest absolute Gasteiger partial charge is 0.229 e. The van der Waals surface area contributed by atoms with Crippen LogP contribution in [0.4, 0.5) is 5.88 Å². The molecule has 5 rings (SSSR count). The van der Waals surface area contributed by atoms with Gasteiger partial charge in [0.15, 0.2) is 5.89 Å². The number of aromatic nitrogens is 1. The van der Waals surface area contributed by atoms with Gasteiger partial charge in [0.05, 0.1) is 12.2 Å². The molecule has 0 saturated heterocycles. The number of anilines is 1. The van der Waals surface area contributed by atoms with Crippen molar-refractivity contribution in [3.05, 3.63) is 11.6 Å². The second-order valence-electron chi connectivity index (χ2n) is 12.3. The summed E-state index contributed by atoms with van der Waals surface area (Å²) >= 11 is 0. The topological polar surface area (TPSA) is 116 Å². The average molecular weight is 456 g/mol. The van der Waals surface area contributed by atoms with Crippen LogP contribution < -0.4 is 5.73 Å². The van der Waals surface area contributed by atoms with Crippen molar-refractivity contribution in [2.75, 3.05) is 5.73 Å². The van der Waals surface area contributed by atoms with Crippen LogP contribution in [0.3, 0.4) is 0 Å². The Morgan fingerprint density at radius 3 is 2.67 bits per heavy atom. The average Bonchev–Trinajstić information content (AvgIpc) is 3.33. The number of nitrogens with zero attached hydrogens (tertiary/aromatic N) is 2. The first-order valence-corrected chi connectivity index (χ1v) is 13.2. The molecule has 0 aliphatic heterocycles. The van der Waals surface area contributed by atoms with Gasteiger partial charge in [0.25, 0.3) is 0 Å². The molecule has 10 unspecified atom stereocenters. The van der Waals surface area contributed by atoms with Crippen molar-refractivity contribution in [1.82, 2.24) is 4.98 Å². The molecule has 4 aliphatic carbocycles. The standard InChI is InChI=1S/C27H41N3O3/c1-15(4-9-24-30-22(14-28)25(29)33-24)19-7-8-20-18-6-5-16-12-17(31)10-11-26(16,2)21(18)13-23(32)27(19,20)3/h15-21,23,31-32H,4-13,29H2,1-3H3. The highest BCUT2D eigenvalue weighted by atomic mass is 16.4. The minimum absolute atomic E-state index is 0.0363. The number of aliphatic hydroxyl groups excluding tert-OH is 2. The lowest BCUT2D eigenvalue weighted by Gasteiger charge is -2.62. The van der Waals surface area contributed by atoms with Crippen molar-refractivity contribution in [2.24, 2.45) is 46.3 Å². The molecule has 4 N–H and O–H groups in total. The van der Waals surface area contributed by atoms with Gasteiger partial charge in [-0.15, -0.1) is 0 Å². The summed E-state index contributed by atoms with van der Waals surface area (Å²) < 4.78 is 5.49.